The Labute approximate surface area is 246 Å². The van der Waals surface area contributed by atoms with Crippen molar-refractivity contribution in [1.82, 2.24) is 9.80 Å². The van der Waals surface area contributed by atoms with E-state index in [1.165, 1.54) is 26.0 Å². The molecule has 1 aliphatic rings. The molecule has 13 heteroatoms. The van der Waals surface area contributed by atoms with E-state index in [1.807, 2.05) is 0 Å². The van der Waals surface area contributed by atoms with E-state index in [1.54, 1.807) is 0 Å². The number of carbonyl (C=O) groups excluding carboxylic acids is 3. The number of amides is 4. The van der Waals surface area contributed by atoms with E-state index in [2.05, 4.69) is 0 Å². The summed E-state index contributed by atoms with van der Waals surface area (Å²) in [6.45, 7) is 3.11. The summed E-state index contributed by atoms with van der Waals surface area (Å²) in [5.41, 5.74) is 7.34. The van der Waals surface area contributed by atoms with Gasteiger partial charge in [0.15, 0.2) is 0 Å². The lowest BCUT2D eigenvalue weighted by molar-refractivity contribution is -0.159. The van der Waals surface area contributed by atoms with Crippen LogP contribution in [-0.4, -0.2) is 53.8 Å². The number of urea groups is 1. The third-order valence-electron chi connectivity index (χ3n) is 7.38. The van der Waals surface area contributed by atoms with Gasteiger partial charge in [0.1, 0.15) is 5.41 Å². The molecule has 4 amide bonds. The fourth-order valence-corrected chi connectivity index (χ4v) is 5.47. The Bertz CT molecular complexity index is 1240. The Morgan fingerprint density at radius 3 is 1.33 bits per heavy atom. The van der Waals surface area contributed by atoms with E-state index in [-0.39, 0.29) is 48.4 Å². The second-order valence-electron chi connectivity index (χ2n) is 11.0. The summed E-state index contributed by atoms with van der Waals surface area (Å²) in [6.07, 6.45) is -9.15. The molecule has 1 aliphatic heterocycles. The molecule has 0 atom stereocenters. The fraction of sp³-hybridized carbons (Fsp3) is 0.500. The van der Waals surface area contributed by atoms with E-state index < -0.39 is 59.6 Å². The monoisotopic (exact) mass is 614 g/mol. The minimum Gasteiger partial charge on any atom is -0.330 e. The lowest BCUT2D eigenvalue weighted by atomic mass is 9.72. The summed E-state index contributed by atoms with van der Waals surface area (Å²) in [5.74, 6) is -1.94. The van der Waals surface area contributed by atoms with Crippen LogP contribution in [0.25, 0.3) is 0 Å². The summed E-state index contributed by atoms with van der Waals surface area (Å²) in [7, 11) is 0. The van der Waals surface area contributed by atoms with Gasteiger partial charge in [-0.1, -0.05) is 23.3 Å². The molecule has 0 spiro atoms. The first-order chi connectivity index (χ1) is 20.0. The Balaban J connectivity index is 2.25. The van der Waals surface area contributed by atoms with E-state index in [0.717, 1.165) is 34.1 Å². The summed E-state index contributed by atoms with van der Waals surface area (Å²) < 4.78 is 82.3. The summed E-state index contributed by atoms with van der Waals surface area (Å²) in [4.78, 5) is 43.7. The van der Waals surface area contributed by atoms with Crippen molar-refractivity contribution in [3.63, 3.8) is 0 Å². The number of barbiturate groups is 1. The first-order valence-corrected chi connectivity index (χ1v) is 14.0. The van der Waals surface area contributed by atoms with Crippen molar-refractivity contribution < 1.29 is 40.7 Å². The van der Waals surface area contributed by atoms with Crippen LogP contribution in [0.15, 0.2) is 36.4 Å². The molecule has 1 heterocycles. The average molecular weight is 615 g/mol. The Hall–Kier alpha value is -3.45. The first kappa shape index (κ1) is 34.0. The molecule has 2 aromatic carbocycles. The lowest BCUT2D eigenvalue weighted by Gasteiger charge is -2.44. The third-order valence-corrected chi connectivity index (χ3v) is 7.38. The zero-order valence-electron chi connectivity index (χ0n) is 24.1. The van der Waals surface area contributed by atoms with Gasteiger partial charge in [0.2, 0.25) is 11.8 Å². The van der Waals surface area contributed by atoms with Crippen molar-refractivity contribution in [2.75, 3.05) is 26.2 Å². The van der Waals surface area contributed by atoms with Gasteiger partial charge in [-0.15, -0.1) is 0 Å². The topological polar surface area (TPSA) is 110 Å². The molecule has 3 rings (SSSR count). The van der Waals surface area contributed by atoms with E-state index in [0.29, 0.717) is 25.7 Å². The normalized spacial score (nSPS) is 15.9. The predicted molar refractivity (Wildman–Crippen MR) is 148 cm³/mol. The molecule has 1 saturated heterocycles. The van der Waals surface area contributed by atoms with Crippen molar-refractivity contribution >= 4 is 17.8 Å². The molecule has 1 fully saturated rings. The number of unbranched alkanes of at least 4 members (excludes halogenated alkanes) is 2. The third kappa shape index (κ3) is 7.94. The maximum atomic E-state index is 14.2. The summed E-state index contributed by atoms with van der Waals surface area (Å²) in [6, 6.07) is 5.37. The quantitative estimate of drug-likeness (QED) is 0.190. The van der Waals surface area contributed by atoms with Crippen LogP contribution in [0.3, 0.4) is 0 Å². The van der Waals surface area contributed by atoms with Crippen molar-refractivity contribution in [3.8, 4) is 0 Å². The summed E-state index contributed by atoms with van der Waals surface area (Å²) in [5, 5.41) is 0. The molecular weight excluding hydrogens is 578 g/mol. The maximum Gasteiger partial charge on any atom is 0.416 e. The smallest absolute Gasteiger partial charge is 0.330 e. The van der Waals surface area contributed by atoms with Crippen LogP contribution < -0.4 is 11.5 Å². The highest BCUT2D eigenvalue weighted by Gasteiger charge is 2.57. The van der Waals surface area contributed by atoms with Gasteiger partial charge in [-0.05, 0) is 101 Å². The Kier molecular flexibility index (Phi) is 10.7. The molecule has 7 nitrogen and oxygen atoms in total. The van der Waals surface area contributed by atoms with Crippen molar-refractivity contribution in [3.05, 3.63) is 69.8 Å². The highest BCUT2D eigenvalue weighted by Crippen LogP contribution is 2.40. The van der Waals surface area contributed by atoms with E-state index in [4.69, 9.17) is 11.5 Å². The molecular formula is C30H36F6N4O3. The molecule has 4 N–H and O–H groups in total. The fourth-order valence-electron chi connectivity index (χ4n) is 5.47. The van der Waals surface area contributed by atoms with Crippen LogP contribution in [0, 0.1) is 19.3 Å². The Morgan fingerprint density at radius 1 is 0.628 bits per heavy atom. The SMILES string of the molecule is Cc1cc(CC2(Cc3cc(C)cc(C(F)(F)F)c3)C(=O)N(CCCCN)C(=O)N(CCCCN)C2=O)cc(C(F)(F)F)c1. The number of alkyl halides is 6. The molecule has 236 valence electrons. The minimum atomic E-state index is -4.73. The first-order valence-electron chi connectivity index (χ1n) is 14.0. The lowest BCUT2D eigenvalue weighted by Crippen LogP contribution is -2.66. The molecule has 0 unspecified atom stereocenters. The van der Waals surface area contributed by atoms with Crippen molar-refractivity contribution in [2.45, 2.75) is 64.7 Å². The van der Waals surface area contributed by atoms with Crippen LogP contribution >= 0.6 is 0 Å². The number of hydrogen-bond donors (Lipinski definition) is 2. The van der Waals surface area contributed by atoms with E-state index in [9.17, 15) is 40.7 Å². The number of carbonyl (C=O) groups is 3. The zero-order chi connectivity index (χ0) is 32.2. The van der Waals surface area contributed by atoms with Crippen LogP contribution in [-0.2, 0) is 34.8 Å². The second-order valence-corrected chi connectivity index (χ2v) is 11.0. The number of nitrogens with two attached hydrogens (primary N) is 2. The van der Waals surface area contributed by atoms with Crippen LogP contribution in [0.5, 0.6) is 0 Å². The van der Waals surface area contributed by atoms with Gasteiger partial charge in [-0.3, -0.25) is 19.4 Å². The number of imide groups is 2. The highest BCUT2D eigenvalue weighted by atomic mass is 19.4. The maximum absolute atomic E-state index is 14.2. The highest BCUT2D eigenvalue weighted by molar-refractivity contribution is 6.19. The molecule has 0 aliphatic carbocycles. The van der Waals surface area contributed by atoms with Gasteiger partial charge in [0.25, 0.3) is 0 Å². The standard InChI is InChI=1S/C30H36F6N4O3/c1-19-11-21(15-23(13-19)29(31,32)33)17-28(18-22-12-20(2)14-24(16-22)30(34,35)36)25(41)39(9-5-3-7-37)27(43)40(26(28)42)10-6-4-8-38/h11-16H,3-10,17-18,37-38H2,1-2H3. The number of hydrogen-bond acceptors (Lipinski definition) is 5. The van der Waals surface area contributed by atoms with Crippen LogP contribution in [0.2, 0.25) is 0 Å². The zero-order valence-corrected chi connectivity index (χ0v) is 24.1. The molecule has 0 radical (unpaired) electrons. The molecule has 0 bridgehead atoms. The number of halogens is 6. The second kappa shape index (κ2) is 13.5. The van der Waals surface area contributed by atoms with Crippen LogP contribution in [0.4, 0.5) is 31.1 Å². The van der Waals surface area contributed by atoms with Gasteiger partial charge >= 0.3 is 18.4 Å². The van der Waals surface area contributed by atoms with Gasteiger partial charge in [-0.25, -0.2) is 4.79 Å². The minimum absolute atomic E-state index is 0.0177. The number of aryl methyl sites for hydroxylation is 2. The Morgan fingerprint density at radius 2 is 1.00 bits per heavy atom. The molecule has 0 aromatic heterocycles. The number of nitrogens with zero attached hydrogens (tertiary/aromatic N) is 2. The number of rotatable bonds is 12. The van der Waals surface area contributed by atoms with Gasteiger partial charge in [0.05, 0.1) is 11.1 Å². The molecule has 43 heavy (non-hydrogen) atoms. The van der Waals surface area contributed by atoms with Crippen LogP contribution in [0.1, 0.15) is 59.1 Å². The molecule has 0 saturated carbocycles. The summed E-state index contributed by atoms with van der Waals surface area (Å²) >= 11 is 0. The molecule has 2 aromatic rings. The van der Waals surface area contributed by atoms with E-state index >= 15 is 0 Å². The average Bonchev–Trinajstić information content (AvgIpc) is 2.90. The van der Waals surface area contributed by atoms with Gasteiger partial charge < -0.3 is 11.5 Å². The van der Waals surface area contributed by atoms with Gasteiger partial charge in [-0.2, -0.15) is 26.3 Å². The predicted octanol–water partition coefficient (Wildman–Crippen LogP) is 5.38. The van der Waals surface area contributed by atoms with Crippen molar-refractivity contribution in [1.29, 1.82) is 0 Å². The largest absolute Gasteiger partial charge is 0.416 e. The van der Waals surface area contributed by atoms with Crippen molar-refractivity contribution in [2.24, 2.45) is 16.9 Å². The number of benzene rings is 2. The van der Waals surface area contributed by atoms with Gasteiger partial charge in [0, 0.05) is 13.1 Å².